The number of hydrogen-bond donors (Lipinski definition) is 0. The van der Waals surface area contributed by atoms with Crippen molar-refractivity contribution in [2.75, 3.05) is 5.75 Å². The van der Waals surface area contributed by atoms with Crippen LogP contribution in [0.25, 0.3) is 0 Å². The quantitative estimate of drug-likeness (QED) is 0.461. The number of halogens is 1. The smallest absolute Gasteiger partial charge is 0.201 e. The van der Waals surface area contributed by atoms with Gasteiger partial charge in [-0.15, -0.1) is 0 Å². The minimum absolute atomic E-state index is 0.308. The molecule has 1 fully saturated rings. The first kappa shape index (κ1) is 5.88. The Balaban J connectivity index is 2.48. The predicted molar refractivity (Wildman–Crippen MR) is 39.9 cm³/mol. The summed E-state index contributed by atoms with van der Waals surface area (Å²) in [4.78, 5) is 10.5. The highest BCUT2D eigenvalue weighted by atomic mass is 127. The van der Waals surface area contributed by atoms with E-state index in [1.165, 1.54) is 11.8 Å². The first-order valence-electron chi connectivity index (χ1n) is 2.11. The summed E-state index contributed by atoms with van der Waals surface area (Å²) in [7, 11) is 0. The van der Waals surface area contributed by atoms with E-state index in [-0.39, 0.29) is 0 Å². The third kappa shape index (κ3) is 1.32. The maximum atomic E-state index is 10.5. The highest BCUT2D eigenvalue weighted by Gasteiger charge is 2.21. The molecule has 1 aliphatic heterocycles. The summed E-state index contributed by atoms with van der Waals surface area (Å²) < 4.78 is 0.308. The van der Waals surface area contributed by atoms with E-state index in [0.29, 0.717) is 9.04 Å². The maximum Gasteiger partial charge on any atom is 0.201 e. The largest absolute Gasteiger partial charge is 0.286 e. The van der Waals surface area contributed by atoms with E-state index >= 15 is 0 Å². The van der Waals surface area contributed by atoms with Crippen molar-refractivity contribution in [1.29, 1.82) is 0 Å². The Morgan fingerprint density at radius 3 is 2.71 bits per heavy atom. The molecule has 0 radical (unpaired) electrons. The van der Waals surface area contributed by atoms with E-state index in [1.807, 2.05) is 0 Å². The molecule has 0 aromatic heterocycles. The zero-order chi connectivity index (χ0) is 5.28. The van der Waals surface area contributed by atoms with Crippen LogP contribution >= 0.6 is 34.4 Å². The maximum absolute atomic E-state index is 10.5. The topological polar surface area (TPSA) is 17.1 Å². The molecule has 1 aliphatic rings. The van der Waals surface area contributed by atoms with Gasteiger partial charge in [-0.1, -0.05) is 34.4 Å². The summed E-state index contributed by atoms with van der Waals surface area (Å²) in [6.45, 7) is 0. The molecule has 40 valence electrons. The SMILES string of the molecule is O=C1SCCC1I. The normalized spacial score (nSPS) is 31.6. The van der Waals surface area contributed by atoms with Crippen molar-refractivity contribution < 1.29 is 4.79 Å². The number of carbonyl (C=O) groups excluding carboxylic acids is 1. The molecule has 1 rings (SSSR count). The minimum Gasteiger partial charge on any atom is -0.286 e. The van der Waals surface area contributed by atoms with Gasteiger partial charge in [0.1, 0.15) is 0 Å². The van der Waals surface area contributed by atoms with Crippen molar-refractivity contribution in [3.63, 3.8) is 0 Å². The van der Waals surface area contributed by atoms with Crippen LogP contribution in [0.4, 0.5) is 0 Å². The average molecular weight is 228 g/mol. The molecule has 0 saturated carbocycles. The lowest BCUT2D eigenvalue weighted by molar-refractivity contribution is -0.109. The molecule has 0 aliphatic carbocycles. The zero-order valence-corrected chi connectivity index (χ0v) is 6.66. The van der Waals surface area contributed by atoms with Gasteiger partial charge in [0, 0.05) is 5.75 Å². The van der Waals surface area contributed by atoms with Gasteiger partial charge >= 0.3 is 0 Å². The second-order valence-electron chi connectivity index (χ2n) is 1.42. The van der Waals surface area contributed by atoms with Gasteiger partial charge in [-0.25, -0.2) is 0 Å². The molecule has 0 spiro atoms. The molecule has 0 aromatic carbocycles. The van der Waals surface area contributed by atoms with Crippen LogP contribution in [-0.2, 0) is 4.79 Å². The number of alkyl halides is 1. The lowest BCUT2D eigenvalue weighted by Gasteiger charge is -1.87. The number of thioether (sulfide) groups is 1. The monoisotopic (exact) mass is 228 g/mol. The van der Waals surface area contributed by atoms with Crippen LogP contribution in [0.1, 0.15) is 6.42 Å². The van der Waals surface area contributed by atoms with Gasteiger partial charge in [0.15, 0.2) is 0 Å². The van der Waals surface area contributed by atoms with Crippen LogP contribution in [0.15, 0.2) is 0 Å². The lowest BCUT2D eigenvalue weighted by atomic mass is 10.4. The van der Waals surface area contributed by atoms with E-state index in [1.54, 1.807) is 0 Å². The second-order valence-corrected chi connectivity index (χ2v) is 4.03. The lowest BCUT2D eigenvalue weighted by Crippen LogP contribution is -1.98. The Hall–Kier alpha value is 0.750. The molecule has 1 saturated heterocycles. The van der Waals surface area contributed by atoms with Crippen LogP contribution < -0.4 is 0 Å². The van der Waals surface area contributed by atoms with Crippen molar-refractivity contribution in [2.24, 2.45) is 0 Å². The van der Waals surface area contributed by atoms with E-state index < -0.39 is 0 Å². The van der Waals surface area contributed by atoms with Gasteiger partial charge in [-0.05, 0) is 6.42 Å². The molecule has 0 amide bonds. The second kappa shape index (κ2) is 2.35. The molecule has 1 unspecified atom stereocenters. The summed E-state index contributed by atoms with van der Waals surface area (Å²) in [5, 5.41) is 0.362. The van der Waals surface area contributed by atoms with E-state index in [4.69, 9.17) is 0 Å². The molecular weight excluding hydrogens is 223 g/mol. The Morgan fingerprint density at radius 1 is 1.86 bits per heavy atom. The molecule has 0 N–H and O–H groups in total. The fraction of sp³-hybridized carbons (Fsp3) is 0.750. The Bertz CT molecular complexity index is 93.7. The van der Waals surface area contributed by atoms with Crippen LogP contribution in [0.3, 0.4) is 0 Å². The number of carbonyl (C=O) groups is 1. The van der Waals surface area contributed by atoms with Gasteiger partial charge in [0.05, 0.1) is 3.92 Å². The summed E-state index contributed by atoms with van der Waals surface area (Å²) in [6.07, 6.45) is 1.07. The molecule has 1 atom stereocenters. The molecular formula is C4H5IOS. The van der Waals surface area contributed by atoms with E-state index in [2.05, 4.69) is 22.6 Å². The van der Waals surface area contributed by atoms with Gasteiger partial charge < -0.3 is 0 Å². The third-order valence-electron chi connectivity index (χ3n) is 0.871. The molecule has 0 bridgehead atoms. The highest BCUT2D eigenvalue weighted by Crippen LogP contribution is 2.25. The zero-order valence-electron chi connectivity index (χ0n) is 3.69. The minimum atomic E-state index is 0.308. The van der Waals surface area contributed by atoms with Crippen LogP contribution in [-0.4, -0.2) is 14.8 Å². The Labute approximate surface area is 60.4 Å². The van der Waals surface area contributed by atoms with Crippen LogP contribution in [0.2, 0.25) is 0 Å². The fourth-order valence-corrected chi connectivity index (χ4v) is 2.60. The molecule has 0 aromatic rings. The Morgan fingerprint density at radius 2 is 2.57 bits per heavy atom. The standard InChI is InChI=1S/C4H5IOS/c5-3-1-2-7-4(3)6/h3H,1-2H2. The van der Waals surface area contributed by atoms with E-state index in [9.17, 15) is 4.79 Å². The first-order chi connectivity index (χ1) is 3.30. The van der Waals surface area contributed by atoms with Crippen molar-refractivity contribution in [1.82, 2.24) is 0 Å². The summed E-state index contributed by atoms with van der Waals surface area (Å²) in [5.41, 5.74) is 0. The van der Waals surface area contributed by atoms with Crippen LogP contribution in [0, 0.1) is 0 Å². The van der Waals surface area contributed by atoms with Gasteiger partial charge in [-0.2, -0.15) is 0 Å². The van der Waals surface area contributed by atoms with Crippen molar-refractivity contribution in [3.8, 4) is 0 Å². The highest BCUT2D eigenvalue weighted by molar-refractivity contribution is 14.1. The Kier molecular flexibility index (Phi) is 1.97. The molecule has 3 heteroatoms. The van der Waals surface area contributed by atoms with Gasteiger partial charge in [0.2, 0.25) is 5.12 Å². The van der Waals surface area contributed by atoms with E-state index in [0.717, 1.165) is 12.2 Å². The summed E-state index contributed by atoms with van der Waals surface area (Å²) in [6, 6.07) is 0. The summed E-state index contributed by atoms with van der Waals surface area (Å²) in [5.74, 6) is 1.03. The molecule has 7 heavy (non-hydrogen) atoms. The third-order valence-corrected chi connectivity index (χ3v) is 3.49. The van der Waals surface area contributed by atoms with Crippen LogP contribution in [0.5, 0.6) is 0 Å². The molecule has 1 nitrogen and oxygen atoms in total. The number of rotatable bonds is 0. The predicted octanol–water partition coefficient (Wildman–Crippen LogP) is 1.45. The number of hydrogen-bond acceptors (Lipinski definition) is 2. The van der Waals surface area contributed by atoms with Crippen molar-refractivity contribution in [2.45, 2.75) is 10.3 Å². The fourth-order valence-electron chi connectivity index (χ4n) is 0.471. The van der Waals surface area contributed by atoms with Gasteiger partial charge in [-0.3, -0.25) is 4.79 Å². The molecule has 1 heterocycles. The first-order valence-corrected chi connectivity index (χ1v) is 4.34. The van der Waals surface area contributed by atoms with Crippen molar-refractivity contribution in [3.05, 3.63) is 0 Å². The summed E-state index contributed by atoms with van der Waals surface area (Å²) >= 11 is 3.65. The van der Waals surface area contributed by atoms with Gasteiger partial charge in [0.25, 0.3) is 0 Å². The van der Waals surface area contributed by atoms with Crippen molar-refractivity contribution >= 4 is 39.5 Å². The average Bonchev–Trinajstić information content (AvgIpc) is 1.91.